The summed E-state index contributed by atoms with van der Waals surface area (Å²) in [6.07, 6.45) is 2.27. The van der Waals surface area contributed by atoms with Gasteiger partial charge >= 0.3 is 6.01 Å². The zero-order chi connectivity index (χ0) is 10.8. The highest BCUT2D eigenvalue weighted by Crippen LogP contribution is 2.26. The summed E-state index contributed by atoms with van der Waals surface area (Å²) < 4.78 is 5.18. The molecule has 1 fully saturated rings. The van der Waals surface area contributed by atoms with Gasteiger partial charge in [0.05, 0.1) is 0 Å². The van der Waals surface area contributed by atoms with Gasteiger partial charge in [-0.1, -0.05) is 12.1 Å². The molecular weight excluding hydrogens is 192 g/mol. The Labute approximate surface area is 89.6 Å². The largest absolute Gasteiger partial charge is 0.328 e. The van der Waals surface area contributed by atoms with Gasteiger partial charge in [0.2, 0.25) is 0 Å². The summed E-state index contributed by atoms with van der Waals surface area (Å²) in [5.74, 6) is 1.42. The third kappa shape index (κ3) is 2.12. The topological polar surface area (TPSA) is 68.2 Å². The van der Waals surface area contributed by atoms with Gasteiger partial charge in [0.1, 0.15) is 0 Å². The summed E-state index contributed by atoms with van der Waals surface area (Å²) in [6.45, 7) is 5.70. The van der Waals surface area contributed by atoms with Crippen molar-refractivity contribution in [1.82, 2.24) is 10.1 Å². The van der Waals surface area contributed by atoms with Crippen LogP contribution in [-0.2, 0) is 0 Å². The average Bonchev–Trinajstić information content (AvgIpc) is 2.64. The van der Waals surface area contributed by atoms with E-state index in [4.69, 9.17) is 10.3 Å². The Balaban J connectivity index is 2.13. The highest BCUT2D eigenvalue weighted by molar-refractivity contribution is 5.28. The summed E-state index contributed by atoms with van der Waals surface area (Å²) in [5.41, 5.74) is 5.77. The molecule has 1 aliphatic rings. The lowest BCUT2D eigenvalue weighted by Crippen LogP contribution is -2.46. The maximum absolute atomic E-state index is 5.77. The van der Waals surface area contributed by atoms with Crippen molar-refractivity contribution < 1.29 is 4.52 Å². The number of hydrogen-bond donors (Lipinski definition) is 1. The van der Waals surface area contributed by atoms with E-state index in [1.165, 1.54) is 0 Å². The van der Waals surface area contributed by atoms with Gasteiger partial charge in [-0.2, -0.15) is 4.98 Å². The molecule has 84 valence electrons. The first-order chi connectivity index (χ1) is 7.20. The number of nitrogens with zero attached hydrogens (tertiary/aromatic N) is 3. The van der Waals surface area contributed by atoms with Crippen LogP contribution in [0.5, 0.6) is 0 Å². The van der Waals surface area contributed by atoms with Gasteiger partial charge in [-0.15, -0.1) is 0 Å². The molecule has 2 atom stereocenters. The molecule has 15 heavy (non-hydrogen) atoms. The molecule has 0 saturated carbocycles. The SMILES string of the molecule is Cc1noc(N2CCC(C)CC2CN)n1. The van der Waals surface area contributed by atoms with Crippen LogP contribution in [0, 0.1) is 12.8 Å². The van der Waals surface area contributed by atoms with Crippen molar-refractivity contribution in [3.63, 3.8) is 0 Å². The van der Waals surface area contributed by atoms with Crippen molar-refractivity contribution >= 4 is 6.01 Å². The van der Waals surface area contributed by atoms with E-state index < -0.39 is 0 Å². The van der Waals surface area contributed by atoms with Crippen molar-refractivity contribution in [2.24, 2.45) is 11.7 Å². The number of rotatable bonds is 2. The second-order valence-corrected chi connectivity index (χ2v) is 4.34. The van der Waals surface area contributed by atoms with Gasteiger partial charge in [0.25, 0.3) is 0 Å². The van der Waals surface area contributed by atoms with Crippen molar-refractivity contribution in [3.8, 4) is 0 Å². The molecule has 5 nitrogen and oxygen atoms in total. The van der Waals surface area contributed by atoms with Gasteiger partial charge in [-0.25, -0.2) is 0 Å². The zero-order valence-electron chi connectivity index (χ0n) is 9.31. The van der Waals surface area contributed by atoms with Crippen LogP contribution in [0.15, 0.2) is 4.52 Å². The highest BCUT2D eigenvalue weighted by atomic mass is 16.5. The minimum absolute atomic E-state index is 0.341. The van der Waals surface area contributed by atoms with Crippen molar-refractivity contribution in [3.05, 3.63) is 5.82 Å². The molecule has 1 aliphatic heterocycles. The Kier molecular flexibility index (Phi) is 2.90. The molecule has 2 heterocycles. The van der Waals surface area contributed by atoms with Gasteiger partial charge in [-0.05, 0) is 25.7 Å². The lowest BCUT2D eigenvalue weighted by molar-refractivity contribution is 0.329. The van der Waals surface area contributed by atoms with Crippen LogP contribution < -0.4 is 10.6 Å². The standard InChI is InChI=1S/C10H18N4O/c1-7-3-4-14(9(5-7)6-11)10-12-8(2)13-15-10/h7,9H,3-6,11H2,1-2H3. The molecular formula is C10H18N4O. The van der Waals surface area contributed by atoms with Crippen molar-refractivity contribution in [1.29, 1.82) is 0 Å². The first-order valence-corrected chi connectivity index (χ1v) is 5.47. The Bertz CT molecular complexity index is 325. The molecule has 1 aromatic rings. The fourth-order valence-electron chi connectivity index (χ4n) is 2.13. The predicted molar refractivity (Wildman–Crippen MR) is 57.6 cm³/mol. The molecule has 2 N–H and O–H groups in total. The Morgan fingerprint density at radius 3 is 3.00 bits per heavy atom. The third-order valence-corrected chi connectivity index (χ3v) is 3.01. The lowest BCUT2D eigenvalue weighted by Gasteiger charge is -2.36. The smallest absolute Gasteiger partial charge is 0.324 e. The van der Waals surface area contributed by atoms with Crippen molar-refractivity contribution in [2.45, 2.75) is 32.7 Å². The van der Waals surface area contributed by atoms with Crippen LogP contribution in [0.3, 0.4) is 0 Å². The number of hydrogen-bond acceptors (Lipinski definition) is 5. The second-order valence-electron chi connectivity index (χ2n) is 4.34. The number of aryl methyl sites for hydroxylation is 1. The predicted octanol–water partition coefficient (Wildman–Crippen LogP) is 0.942. The molecule has 5 heteroatoms. The fraction of sp³-hybridized carbons (Fsp3) is 0.800. The van der Waals surface area contributed by atoms with E-state index in [1.807, 2.05) is 6.92 Å². The molecule has 1 saturated heterocycles. The van der Waals surface area contributed by atoms with E-state index in [1.54, 1.807) is 0 Å². The zero-order valence-corrected chi connectivity index (χ0v) is 9.31. The number of anilines is 1. The van der Waals surface area contributed by atoms with Gasteiger partial charge in [0.15, 0.2) is 5.82 Å². The summed E-state index contributed by atoms with van der Waals surface area (Å²) in [6, 6.07) is 0.962. The molecule has 0 amide bonds. The van der Waals surface area contributed by atoms with Crippen LogP contribution in [0.4, 0.5) is 6.01 Å². The normalized spacial score (nSPS) is 27.0. The average molecular weight is 210 g/mol. The first-order valence-electron chi connectivity index (χ1n) is 5.47. The maximum atomic E-state index is 5.77. The van der Waals surface area contributed by atoms with E-state index >= 15 is 0 Å². The molecule has 0 aliphatic carbocycles. The Morgan fingerprint density at radius 1 is 1.60 bits per heavy atom. The number of nitrogens with two attached hydrogens (primary N) is 1. The van der Waals surface area contributed by atoms with Crippen molar-refractivity contribution in [2.75, 3.05) is 18.0 Å². The van der Waals surface area contributed by atoms with Crippen LogP contribution in [-0.4, -0.2) is 29.3 Å². The van der Waals surface area contributed by atoms with E-state index in [0.717, 1.165) is 25.3 Å². The maximum Gasteiger partial charge on any atom is 0.324 e. The minimum atomic E-state index is 0.341. The fourth-order valence-corrected chi connectivity index (χ4v) is 2.13. The van der Waals surface area contributed by atoms with E-state index in [2.05, 4.69) is 22.0 Å². The summed E-state index contributed by atoms with van der Waals surface area (Å²) in [4.78, 5) is 6.39. The van der Waals surface area contributed by atoms with Crippen LogP contribution in [0.25, 0.3) is 0 Å². The summed E-state index contributed by atoms with van der Waals surface area (Å²) in [7, 11) is 0. The molecule has 1 aromatic heterocycles. The van der Waals surface area contributed by atoms with Crippen LogP contribution >= 0.6 is 0 Å². The Hall–Kier alpha value is -1.10. The minimum Gasteiger partial charge on any atom is -0.328 e. The van der Waals surface area contributed by atoms with Gasteiger partial charge in [-0.3, -0.25) is 0 Å². The van der Waals surface area contributed by atoms with Crippen LogP contribution in [0.1, 0.15) is 25.6 Å². The lowest BCUT2D eigenvalue weighted by atomic mass is 9.93. The monoisotopic (exact) mass is 210 g/mol. The van der Waals surface area contributed by atoms with Crippen LogP contribution in [0.2, 0.25) is 0 Å². The molecule has 0 aromatic carbocycles. The van der Waals surface area contributed by atoms with Gasteiger partial charge in [0, 0.05) is 19.1 Å². The second kappa shape index (κ2) is 4.18. The molecule has 0 radical (unpaired) electrons. The molecule has 0 bridgehead atoms. The molecule has 0 spiro atoms. The third-order valence-electron chi connectivity index (χ3n) is 3.01. The van der Waals surface area contributed by atoms with E-state index in [-0.39, 0.29) is 0 Å². The summed E-state index contributed by atoms with van der Waals surface area (Å²) in [5, 5.41) is 3.81. The molecule has 2 unspecified atom stereocenters. The van der Waals surface area contributed by atoms with E-state index in [0.29, 0.717) is 24.4 Å². The quantitative estimate of drug-likeness (QED) is 0.786. The highest BCUT2D eigenvalue weighted by Gasteiger charge is 2.28. The number of aromatic nitrogens is 2. The molecule has 2 rings (SSSR count). The van der Waals surface area contributed by atoms with Gasteiger partial charge < -0.3 is 15.2 Å². The Morgan fingerprint density at radius 2 is 2.40 bits per heavy atom. The van der Waals surface area contributed by atoms with E-state index in [9.17, 15) is 0 Å². The summed E-state index contributed by atoms with van der Waals surface area (Å²) >= 11 is 0. The number of piperidine rings is 1. The first kappa shape index (κ1) is 10.4.